The summed E-state index contributed by atoms with van der Waals surface area (Å²) in [7, 11) is 2.95. The fraction of sp³-hybridized carbons (Fsp3) is 0.217. The molecule has 8 heteroatoms. The molecule has 8 nitrogen and oxygen atoms in total. The molecule has 0 atom stereocenters. The van der Waals surface area contributed by atoms with Crippen LogP contribution in [-0.4, -0.2) is 50.0 Å². The number of nitrogens with one attached hydrogen (secondary N) is 1. The average molecular weight is 421 g/mol. The summed E-state index contributed by atoms with van der Waals surface area (Å²) in [6.07, 6.45) is 1.35. The van der Waals surface area contributed by atoms with Crippen LogP contribution in [0.15, 0.2) is 54.1 Å². The molecule has 2 amide bonds. The van der Waals surface area contributed by atoms with Crippen molar-refractivity contribution in [1.82, 2.24) is 4.90 Å². The van der Waals surface area contributed by atoms with Crippen LogP contribution < -0.4 is 10.1 Å². The summed E-state index contributed by atoms with van der Waals surface area (Å²) < 4.78 is 9.98. The zero-order valence-corrected chi connectivity index (χ0v) is 17.5. The Morgan fingerprint density at radius 1 is 1.10 bits per heavy atom. The van der Waals surface area contributed by atoms with Crippen LogP contribution in [0.4, 0.5) is 5.69 Å². The predicted molar refractivity (Wildman–Crippen MR) is 115 cm³/mol. The number of carbonyl (C=O) groups excluding carboxylic acids is 3. The van der Waals surface area contributed by atoms with E-state index in [1.807, 2.05) is 19.1 Å². The largest absolute Gasteiger partial charge is 0.497 e. The van der Waals surface area contributed by atoms with E-state index in [9.17, 15) is 19.6 Å². The Kier molecular flexibility index (Phi) is 8.34. The molecule has 0 saturated heterocycles. The first-order chi connectivity index (χ1) is 14.8. The van der Waals surface area contributed by atoms with Gasteiger partial charge in [-0.2, -0.15) is 5.26 Å². The molecule has 160 valence electrons. The third-order valence-corrected chi connectivity index (χ3v) is 4.24. The first-order valence-electron chi connectivity index (χ1n) is 9.36. The molecule has 0 unspecified atom stereocenters. The minimum Gasteiger partial charge on any atom is -0.497 e. The number of esters is 1. The zero-order chi connectivity index (χ0) is 22.8. The number of carbonyl (C=O) groups is 3. The van der Waals surface area contributed by atoms with Gasteiger partial charge in [0.2, 0.25) is 5.91 Å². The number of anilines is 1. The molecular formula is C23H23N3O5. The Balaban J connectivity index is 1.86. The maximum absolute atomic E-state index is 12.2. The molecule has 0 aliphatic rings. The number of rotatable bonds is 8. The van der Waals surface area contributed by atoms with Crippen LogP contribution in [0.3, 0.4) is 0 Å². The van der Waals surface area contributed by atoms with E-state index in [0.717, 1.165) is 10.5 Å². The second-order valence-corrected chi connectivity index (χ2v) is 6.68. The van der Waals surface area contributed by atoms with Crippen LogP contribution in [0.5, 0.6) is 5.75 Å². The van der Waals surface area contributed by atoms with E-state index < -0.39 is 18.5 Å². The lowest BCUT2D eigenvalue weighted by atomic mass is 10.1. The zero-order valence-electron chi connectivity index (χ0n) is 17.5. The molecule has 0 bridgehead atoms. The van der Waals surface area contributed by atoms with E-state index in [1.54, 1.807) is 42.5 Å². The first-order valence-corrected chi connectivity index (χ1v) is 9.36. The third kappa shape index (κ3) is 7.33. The highest BCUT2D eigenvalue weighted by Crippen LogP contribution is 2.14. The van der Waals surface area contributed by atoms with Crippen LogP contribution in [0.1, 0.15) is 11.1 Å². The van der Waals surface area contributed by atoms with Gasteiger partial charge in [-0.05, 0) is 42.8 Å². The van der Waals surface area contributed by atoms with E-state index in [0.29, 0.717) is 17.0 Å². The highest BCUT2D eigenvalue weighted by atomic mass is 16.5. The summed E-state index contributed by atoms with van der Waals surface area (Å²) in [5.74, 6) is -1.25. The molecule has 0 heterocycles. The van der Waals surface area contributed by atoms with Gasteiger partial charge >= 0.3 is 5.97 Å². The maximum Gasteiger partial charge on any atom is 0.349 e. The van der Waals surface area contributed by atoms with Crippen molar-refractivity contribution in [1.29, 1.82) is 5.26 Å². The number of hydrogen-bond acceptors (Lipinski definition) is 6. The molecule has 1 N–H and O–H groups in total. The fourth-order valence-electron chi connectivity index (χ4n) is 2.46. The highest BCUT2D eigenvalue weighted by molar-refractivity contribution is 5.99. The maximum atomic E-state index is 12.2. The molecule has 2 rings (SSSR count). The van der Waals surface area contributed by atoms with Crippen LogP contribution in [0.25, 0.3) is 6.08 Å². The smallest absolute Gasteiger partial charge is 0.349 e. The Bertz CT molecular complexity index is 1010. The van der Waals surface area contributed by atoms with Gasteiger partial charge in [-0.1, -0.05) is 29.8 Å². The quantitative estimate of drug-likeness (QED) is 0.399. The molecule has 0 aliphatic carbocycles. The number of likely N-dealkylation sites (N-methyl/N-ethyl adjacent to an activating group) is 1. The average Bonchev–Trinajstić information content (AvgIpc) is 2.77. The molecule has 0 fully saturated rings. The van der Waals surface area contributed by atoms with Gasteiger partial charge in [-0.3, -0.25) is 9.59 Å². The first kappa shape index (κ1) is 23.2. The van der Waals surface area contributed by atoms with E-state index in [4.69, 9.17) is 9.47 Å². The van der Waals surface area contributed by atoms with Crippen molar-refractivity contribution >= 4 is 29.5 Å². The van der Waals surface area contributed by atoms with Gasteiger partial charge in [-0.15, -0.1) is 0 Å². The molecular weight excluding hydrogens is 398 g/mol. The second-order valence-electron chi connectivity index (χ2n) is 6.68. The van der Waals surface area contributed by atoms with Crippen LogP contribution >= 0.6 is 0 Å². The van der Waals surface area contributed by atoms with Crippen molar-refractivity contribution in [3.05, 3.63) is 65.2 Å². The van der Waals surface area contributed by atoms with Crippen molar-refractivity contribution in [2.75, 3.05) is 32.6 Å². The van der Waals surface area contributed by atoms with Gasteiger partial charge in [0.15, 0.2) is 6.61 Å². The lowest BCUT2D eigenvalue weighted by Crippen LogP contribution is -2.37. The minimum atomic E-state index is -0.927. The Morgan fingerprint density at radius 3 is 2.32 bits per heavy atom. The van der Waals surface area contributed by atoms with Gasteiger partial charge in [0.1, 0.15) is 17.4 Å². The summed E-state index contributed by atoms with van der Waals surface area (Å²) in [5, 5.41) is 11.9. The van der Waals surface area contributed by atoms with Crippen LogP contribution in [-0.2, 0) is 19.1 Å². The third-order valence-electron chi connectivity index (χ3n) is 4.24. The fourth-order valence-corrected chi connectivity index (χ4v) is 2.46. The molecule has 0 aliphatic heterocycles. The molecule has 0 aromatic heterocycles. The van der Waals surface area contributed by atoms with Crippen molar-refractivity contribution < 1.29 is 23.9 Å². The van der Waals surface area contributed by atoms with Crippen molar-refractivity contribution in [2.24, 2.45) is 0 Å². The number of benzene rings is 2. The lowest BCUT2D eigenvalue weighted by molar-refractivity contribution is -0.148. The summed E-state index contributed by atoms with van der Waals surface area (Å²) in [4.78, 5) is 37.5. The topological polar surface area (TPSA) is 109 Å². The Labute approximate surface area is 180 Å². The van der Waals surface area contributed by atoms with Gasteiger partial charge in [-0.25, -0.2) is 4.79 Å². The highest BCUT2D eigenvalue weighted by Gasteiger charge is 2.17. The molecule has 0 spiro atoms. The number of methoxy groups -OCH3 is 1. The summed E-state index contributed by atoms with van der Waals surface area (Å²) >= 11 is 0. The SMILES string of the molecule is COc1ccc(/C=C(\C#N)C(=O)OCC(=O)N(C)CC(=O)Nc2ccc(C)cc2)cc1. The number of nitriles is 1. The van der Waals surface area contributed by atoms with E-state index >= 15 is 0 Å². The predicted octanol–water partition coefficient (Wildman–Crippen LogP) is 2.55. The molecule has 31 heavy (non-hydrogen) atoms. The van der Waals surface area contributed by atoms with Crippen LogP contribution in [0.2, 0.25) is 0 Å². The van der Waals surface area contributed by atoms with Gasteiger partial charge in [0.05, 0.1) is 13.7 Å². The normalized spacial score (nSPS) is 10.6. The van der Waals surface area contributed by atoms with Gasteiger partial charge in [0.25, 0.3) is 5.91 Å². The molecule has 2 aromatic carbocycles. The summed E-state index contributed by atoms with van der Waals surface area (Å²) in [6.45, 7) is 1.13. The molecule has 2 aromatic rings. The van der Waals surface area contributed by atoms with E-state index in [-0.39, 0.29) is 18.0 Å². The second kappa shape index (κ2) is 11.2. The van der Waals surface area contributed by atoms with Crippen LogP contribution in [0, 0.1) is 18.3 Å². The molecule has 0 radical (unpaired) electrons. The Hall–Kier alpha value is -4.12. The number of ether oxygens (including phenoxy) is 2. The van der Waals surface area contributed by atoms with Gasteiger partial charge < -0.3 is 19.7 Å². The number of amides is 2. The standard InChI is InChI=1S/C23H23N3O5/c1-16-4-8-19(9-5-16)25-21(27)14-26(2)22(28)15-31-23(29)18(13-24)12-17-6-10-20(30-3)11-7-17/h4-12H,14-15H2,1-3H3,(H,25,27)/b18-12+. The number of hydrogen-bond donors (Lipinski definition) is 1. The minimum absolute atomic E-state index is 0.211. The monoisotopic (exact) mass is 421 g/mol. The number of nitrogens with zero attached hydrogens (tertiary/aromatic N) is 2. The van der Waals surface area contributed by atoms with Crippen molar-refractivity contribution in [2.45, 2.75) is 6.92 Å². The van der Waals surface area contributed by atoms with E-state index in [1.165, 1.54) is 20.2 Å². The summed E-state index contributed by atoms with van der Waals surface area (Å²) in [5.41, 5.74) is 2.03. The van der Waals surface area contributed by atoms with Gasteiger partial charge in [0, 0.05) is 12.7 Å². The Morgan fingerprint density at radius 2 is 1.74 bits per heavy atom. The van der Waals surface area contributed by atoms with E-state index in [2.05, 4.69) is 5.32 Å². The van der Waals surface area contributed by atoms with Crippen molar-refractivity contribution in [3.63, 3.8) is 0 Å². The number of aryl methyl sites for hydroxylation is 1. The lowest BCUT2D eigenvalue weighted by Gasteiger charge is -2.16. The van der Waals surface area contributed by atoms with Crippen molar-refractivity contribution in [3.8, 4) is 11.8 Å². The summed E-state index contributed by atoms with van der Waals surface area (Å²) in [6, 6.07) is 15.7. The molecule has 0 saturated carbocycles.